The minimum absolute atomic E-state index is 0.0360. The monoisotopic (exact) mass is 299 g/mol. The Hall–Kier alpha value is -2.30. The van der Waals surface area contributed by atoms with Crippen LogP contribution in [0.4, 0.5) is 0 Å². The van der Waals surface area contributed by atoms with E-state index >= 15 is 0 Å². The summed E-state index contributed by atoms with van der Waals surface area (Å²) in [6, 6.07) is 10.3. The van der Waals surface area contributed by atoms with Crippen LogP contribution in [0, 0.1) is 6.92 Å². The van der Waals surface area contributed by atoms with Crippen LogP contribution >= 0.6 is 0 Å². The molecular formula is C17H21N3O2. The first kappa shape index (κ1) is 14.6. The van der Waals surface area contributed by atoms with Gasteiger partial charge in [0.2, 0.25) is 5.91 Å². The zero-order valence-corrected chi connectivity index (χ0v) is 12.8. The minimum Gasteiger partial charge on any atom is -0.342 e. The van der Waals surface area contributed by atoms with E-state index in [-0.39, 0.29) is 17.9 Å². The fourth-order valence-electron chi connectivity index (χ4n) is 3.15. The van der Waals surface area contributed by atoms with Gasteiger partial charge in [-0.3, -0.25) is 14.7 Å². The van der Waals surface area contributed by atoms with Crippen molar-refractivity contribution < 1.29 is 4.79 Å². The zero-order valence-electron chi connectivity index (χ0n) is 12.8. The third-order valence-electron chi connectivity index (χ3n) is 4.46. The molecule has 0 bridgehead atoms. The Morgan fingerprint density at radius 1 is 1.27 bits per heavy atom. The molecule has 0 unspecified atom stereocenters. The molecule has 1 aromatic carbocycles. The molecule has 5 heteroatoms. The lowest BCUT2D eigenvalue weighted by molar-refractivity contribution is -0.131. The molecule has 3 rings (SSSR count). The van der Waals surface area contributed by atoms with Gasteiger partial charge in [-0.15, -0.1) is 0 Å². The van der Waals surface area contributed by atoms with E-state index in [1.807, 2.05) is 30.0 Å². The van der Waals surface area contributed by atoms with Crippen LogP contribution in [0.25, 0.3) is 0 Å². The largest absolute Gasteiger partial charge is 0.342 e. The number of carbonyl (C=O) groups is 1. The van der Waals surface area contributed by atoms with Crippen molar-refractivity contribution in [3.05, 3.63) is 57.5 Å². The van der Waals surface area contributed by atoms with Gasteiger partial charge in [0.05, 0.1) is 6.42 Å². The number of amides is 1. The van der Waals surface area contributed by atoms with Crippen LogP contribution in [-0.4, -0.2) is 34.1 Å². The van der Waals surface area contributed by atoms with Crippen molar-refractivity contribution in [2.75, 3.05) is 13.1 Å². The average Bonchev–Trinajstić information content (AvgIpc) is 2.88. The topological polar surface area (TPSA) is 69.0 Å². The van der Waals surface area contributed by atoms with E-state index in [1.165, 1.54) is 5.56 Å². The lowest BCUT2D eigenvalue weighted by Gasteiger charge is -2.33. The number of likely N-dealkylation sites (tertiary alicyclic amines) is 1. The van der Waals surface area contributed by atoms with Crippen LogP contribution in [0.3, 0.4) is 0 Å². The van der Waals surface area contributed by atoms with Crippen LogP contribution < -0.4 is 5.56 Å². The molecule has 1 aliphatic rings. The van der Waals surface area contributed by atoms with Gasteiger partial charge in [0.1, 0.15) is 0 Å². The standard InChI is InChI=1S/C17H21N3O2/c1-12-15(17(22)19-18-12)10-16(21)20-9-5-8-14(11-20)13-6-3-2-4-7-13/h2-4,6-7,14H,5,8-11H2,1H3,(H2,18,19,22)/t14-/m1/s1. The Labute approximate surface area is 129 Å². The summed E-state index contributed by atoms with van der Waals surface area (Å²) in [5.41, 5.74) is 2.39. The summed E-state index contributed by atoms with van der Waals surface area (Å²) in [5, 5.41) is 5.30. The maximum absolute atomic E-state index is 12.5. The van der Waals surface area contributed by atoms with Gasteiger partial charge >= 0.3 is 0 Å². The summed E-state index contributed by atoms with van der Waals surface area (Å²) in [5.74, 6) is 0.429. The van der Waals surface area contributed by atoms with Gasteiger partial charge in [0, 0.05) is 30.3 Å². The van der Waals surface area contributed by atoms with E-state index in [0.29, 0.717) is 11.5 Å². The second-order valence-corrected chi connectivity index (χ2v) is 5.95. The van der Waals surface area contributed by atoms with E-state index in [0.717, 1.165) is 31.6 Å². The molecule has 2 aromatic rings. The lowest BCUT2D eigenvalue weighted by Crippen LogP contribution is -2.40. The highest BCUT2D eigenvalue weighted by molar-refractivity contribution is 5.79. The second kappa shape index (κ2) is 6.22. The SMILES string of the molecule is Cc1[nH][nH]c(=O)c1CC(=O)N1CCC[C@@H](c2ccccc2)C1. The number of hydrogen-bond acceptors (Lipinski definition) is 2. The molecule has 22 heavy (non-hydrogen) atoms. The molecule has 1 aliphatic heterocycles. The molecule has 0 saturated carbocycles. The Morgan fingerprint density at radius 3 is 2.73 bits per heavy atom. The Kier molecular flexibility index (Phi) is 4.13. The molecule has 0 aliphatic carbocycles. The number of rotatable bonds is 3. The zero-order chi connectivity index (χ0) is 15.5. The summed E-state index contributed by atoms with van der Waals surface area (Å²) < 4.78 is 0. The number of aromatic amines is 2. The van der Waals surface area contributed by atoms with Gasteiger partial charge in [-0.2, -0.15) is 0 Å². The van der Waals surface area contributed by atoms with Gasteiger partial charge in [0.15, 0.2) is 0 Å². The molecule has 1 amide bonds. The number of H-pyrrole nitrogens is 2. The smallest absolute Gasteiger partial charge is 0.267 e. The van der Waals surface area contributed by atoms with Gasteiger partial charge < -0.3 is 10.00 Å². The predicted molar refractivity (Wildman–Crippen MR) is 84.9 cm³/mol. The highest BCUT2D eigenvalue weighted by Crippen LogP contribution is 2.26. The predicted octanol–water partition coefficient (Wildman–Crippen LogP) is 1.96. The Bertz CT molecular complexity index is 702. The summed E-state index contributed by atoms with van der Waals surface area (Å²) in [4.78, 5) is 26.1. The second-order valence-electron chi connectivity index (χ2n) is 5.95. The number of carbonyl (C=O) groups excluding carboxylic acids is 1. The van der Waals surface area contributed by atoms with Crippen molar-refractivity contribution in [3.8, 4) is 0 Å². The van der Waals surface area contributed by atoms with Crippen molar-refractivity contribution >= 4 is 5.91 Å². The molecule has 1 saturated heterocycles. The summed E-state index contributed by atoms with van der Waals surface area (Å²) >= 11 is 0. The molecule has 0 radical (unpaired) electrons. The maximum atomic E-state index is 12.5. The van der Waals surface area contributed by atoms with Gasteiger partial charge in [-0.25, -0.2) is 0 Å². The fourth-order valence-corrected chi connectivity index (χ4v) is 3.15. The van der Waals surface area contributed by atoms with E-state index in [4.69, 9.17) is 0 Å². The van der Waals surface area contributed by atoms with Gasteiger partial charge in [0.25, 0.3) is 5.56 Å². The van der Waals surface area contributed by atoms with Crippen LogP contribution in [0.5, 0.6) is 0 Å². The number of hydrogen-bond donors (Lipinski definition) is 2. The number of aryl methyl sites for hydroxylation is 1. The molecule has 1 atom stereocenters. The summed E-state index contributed by atoms with van der Waals surface area (Å²) in [6.45, 7) is 3.33. The van der Waals surface area contributed by atoms with E-state index < -0.39 is 0 Å². The van der Waals surface area contributed by atoms with Crippen LogP contribution in [0.2, 0.25) is 0 Å². The highest BCUT2D eigenvalue weighted by atomic mass is 16.2. The van der Waals surface area contributed by atoms with E-state index in [9.17, 15) is 9.59 Å². The van der Waals surface area contributed by atoms with E-state index in [1.54, 1.807) is 0 Å². The highest BCUT2D eigenvalue weighted by Gasteiger charge is 2.25. The van der Waals surface area contributed by atoms with Crippen molar-refractivity contribution in [1.82, 2.24) is 15.1 Å². The quantitative estimate of drug-likeness (QED) is 0.909. The normalized spacial score (nSPS) is 18.4. The lowest BCUT2D eigenvalue weighted by atomic mass is 9.90. The minimum atomic E-state index is -0.192. The first-order chi connectivity index (χ1) is 10.6. The number of nitrogens with zero attached hydrogens (tertiary/aromatic N) is 1. The average molecular weight is 299 g/mol. The van der Waals surface area contributed by atoms with Crippen molar-refractivity contribution in [1.29, 1.82) is 0 Å². The van der Waals surface area contributed by atoms with Crippen molar-refractivity contribution in [3.63, 3.8) is 0 Å². The maximum Gasteiger partial charge on any atom is 0.267 e. The first-order valence-electron chi connectivity index (χ1n) is 7.74. The van der Waals surface area contributed by atoms with Gasteiger partial charge in [-0.1, -0.05) is 30.3 Å². The molecule has 2 N–H and O–H groups in total. The molecule has 116 valence electrons. The molecule has 1 fully saturated rings. The van der Waals surface area contributed by atoms with Gasteiger partial charge in [-0.05, 0) is 25.3 Å². The first-order valence-corrected chi connectivity index (χ1v) is 7.74. The molecule has 2 heterocycles. The number of benzene rings is 1. The molecule has 5 nitrogen and oxygen atoms in total. The third kappa shape index (κ3) is 2.98. The van der Waals surface area contributed by atoms with E-state index in [2.05, 4.69) is 22.3 Å². The summed E-state index contributed by atoms with van der Waals surface area (Å²) in [7, 11) is 0. The number of nitrogens with one attached hydrogen (secondary N) is 2. The summed E-state index contributed by atoms with van der Waals surface area (Å²) in [6.07, 6.45) is 2.29. The van der Waals surface area contributed by atoms with Crippen molar-refractivity contribution in [2.24, 2.45) is 0 Å². The van der Waals surface area contributed by atoms with Crippen LogP contribution in [-0.2, 0) is 11.2 Å². The number of piperidine rings is 1. The Morgan fingerprint density at radius 2 is 2.05 bits per heavy atom. The molecule has 0 spiro atoms. The van der Waals surface area contributed by atoms with Crippen LogP contribution in [0.1, 0.15) is 35.6 Å². The Balaban J connectivity index is 1.69. The van der Waals surface area contributed by atoms with Crippen molar-refractivity contribution in [2.45, 2.75) is 32.1 Å². The third-order valence-corrected chi connectivity index (χ3v) is 4.46. The molecular weight excluding hydrogens is 278 g/mol. The molecule has 1 aromatic heterocycles. The fraction of sp³-hybridized carbons (Fsp3) is 0.412. The number of aromatic nitrogens is 2. The van der Waals surface area contributed by atoms with Crippen LogP contribution in [0.15, 0.2) is 35.1 Å².